The number of hydrogen-bond acceptors (Lipinski definition) is 3. The lowest BCUT2D eigenvalue weighted by atomic mass is 10.1. The molecule has 0 spiro atoms. The standard InChI is InChI=1S/C13H23N3O/c1-5-15(9-11(4)8-14)12-6-7-16(10(2)3)13(12)17/h10-12H,5-7,9H2,1-4H3/t11-,12-/m1/s1. The van der Waals surface area contributed by atoms with E-state index in [9.17, 15) is 4.79 Å². The van der Waals surface area contributed by atoms with Crippen molar-refractivity contribution in [2.45, 2.75) is 46.2 Å². The number of nitriles is 1. The lowest BCUT2D eigenvalue weighted by Crippen LogP contribution is -2.44. The van der Waals surface area contributed by atoms with Crippen LogP contribution in [-0.4, -0.2) is 47.4 Å². The van der Waals surface area contributed by atoms with Crippen molar-refractivity contribution in [2.24, 2.45) is 5.92 Å². The molecule has 1 saturated heterocycles. The molecule has 4 heteroatoms. The zero-order valence-electron chi connectivity index (χ0n) is 11.3. The topological polar surface area (TPSA) is 47.3 Å². The average molecular weight is 237 g/mol. The van der Waals surface area contributed by atoms with Gasteiger partial charge in [0.2, 0.25) is 5.91 Å². The minimum atomic E-state index is -0.0177. The van der Waals surface area contributed by atoms with E-state index in [0.29, 0.717) is 6.54 Å². The highest BCUT2D eigenvalue weighted by molar-refractivity contribution is 5.84. The van der Waals surface area contributed by atoms with Gasteiger partial charge in [-0.2, -0.15) is 5.26 Å². The van der Waals surface area contributed by atoms with Crippen molar-refractivity contribution in [3.05, 3.63) is 0 Å². The fourth-order valence-electron chi connectivity index (χ4n) is 2.41. The smallest absolute Gasteiger partial charge is 0.240 e. The molecule has 0 aliphatic carbocycles. The molecule has 4 nitrogen and oxygen atoms in total. The van der Waals surface area contributed by atoms with Gasteiger partial charge in [-0.15, -0.1) is 0 Å². The van der Waals surface area contributed by atoms with Crippen LogP contribution in [0.4, 0.5) is 0 Å². The van der Waals surface area contributed by atoms with E-state index in [4.69, 9.17) is 5.26 Å². The Balaban J connectivity index is 2.66. The van der Waals surface area contributed by atoms with E-state index >= 15 is 0 Å². The maximum Gasteiger partial charge on any atom is 0.240 e. The number of hydrogen-bond donors (Lipinski definition) is 0. The number of likely N-dealkylation sites (tertiary alicyclic amines) is 1. The van der Waals surface area contributed by atoms with E-state index in [1.54, 1.807) is 0 Å². The molecule has 0 aromatic rings. The van der Waals surface area contributed by atoms with Crippen LogP contribution in [0.1, 0.15) is 34.1 Å². The summed E-state index contributed by atoms with van der Waals surface area (Å²) in [5.74, 6) is 0.211. The first-order valence-electron chi connectivity index (χ1n) is 6.45. The third-order valence-corrected chi connectivity index (χ3v) is 3.41. The first kappa shape index (κ1) is 14.0. The number of carbonyl (C=O) groups excluding carboxylic acids is 1. The lowest BCUT2D eigenvalue weighted by Gasteiger charge is -2.28. The summed E-state index contributed by atoms with van der Waals surface area (Å²) in [5.41, 5.74) is 0. The van der Waals surface area contributed by atoms with Crippen LogP contribution in [0.25, 0.3) is 0 Å². The Morgan fingerprint density at radius 2 is 2.18 bits per heavy atom. The van der Waals surface area contributed by atoms with Crippen molar-refractivity contribution in [3.8, 4) is 6.07 Å². The van der Waals surface area contributed by atoms with Crippen molar-refractivity contribution in [3.63, 3.8) is 0 Å². The van der Waals surface area contributed by atoms with Crippen LogP contribution >= 0.6 is 0 Å². The Kier molecular flexibility index (Phi) is 4.95. The highest BCUT2D eigenvalue weighted by atomic mass is 16.2. The second-order valence-corrected chi connectivity index (χ2v) is 5.05. The van der Waals surface area contributed by atoms with Crippen LogP contribution in [0.3, 0.4) is 0 Å². The summed E-state index contributed by atoms with van der Waals surface area (Å²) in [6.45, 7) is 10.4. The Bertz CT molecular complexity index is 308. The molecular formula is C13H23N3O. The van der Waals surface area contributed by atoms with E-state index in [1.165, 1.54) is 0 Å². The summed E-state index contributed by atoms with van der Waals surface area (Å²) in [6.07, 6.45) is 0.892. The van der Waals surface area contributed by atoms with Gasteiger partial charge in [0.25, 0.3) is 0 Å². The highest BCUT2D eigenvalue weighted by Gasteiger charge is 2.36. The molecule has 2 atom stereocenters. The van der Waals surface area contributed by atoms with Crippen LogP contribution in [0.5, 0.6) is 0 Å². The highest BCUT2D eigenvalue weighted by Crippen LogP contribution is 2.20. The molecule has 0 unspecified atom stereocenters. The molecular weight excluding hydrogens is 214 g/mol. The molecule has 17 heavy (non-hydrogen) atoms. The maximum atomic E-state index is 12.2. The van der Waals surface area contributed by atoms with Crippen LogP contribution in [0, 0.1) is 17.2 Å². The lowest BCUT2D eigenvalue weighted by molar-refractivity contribution is -0.133. The van der Waals surface area contributed by atoms with Gasteiger partial charge in [-0.05, 0) is 33.7 Å². The van der Waals surface area contributed by atoms with Crippen molar-refractivity contribution < 1.29 is 4.79 Å². The molecule has 1 fully saturated rings. The van der Waals surface area contributed by atoms with Gasteiger partial charge in [0.1, 0.15) is 0 Å². The largest absolute Gasteiger partial charge is 0.339 e. The molecule has 0 aromatic heterocycles. The summed E-state index contributed by atoms with van der Waals surface area (Å²) < 4.78 is 0. The van der Waals surface area contributed by atoms with Gasteiger partial charge in [0.05, 0.1) is 18.0 Å². The fourth-order valence-corrected chi connectivity index (χ4v) is 2.41. The molecule has 1 heterocycles. The second-order valence-electron chi connectivity index (χ2n) is 5.05. The van der Waals surface area contributed by atoms with Gasteiger partial charge in [-0.25, -0.2) is 0 Å². The van der Waals surface area contributed by atoms with Gasteiger partial charge >= 0.3 is 0 Å². The molecule has 1 rings (SSSR count). The van der Waals surface area contributed by atoms with Gasteiger partial charge < -0.3 is 4.90 Å². The summed E-state index contributed by atoms with van der Waals surface area (Å²) in [5, 5.41) is 8.86. The predicted octanol–water partition coefficient (Wildman–Crippen LogP) is 1.48. The maximum absolute atomic E-state index is 12.2. The quantitative estimate of drug-likeness (QED) is 0.727. The van der Waals surface area contributed by atoms with E-state index < -0.39 is 0 Å². The van der Waals surface area contributed by atoms with Gasteiger partial charge in [-0.3, -0.25) is 9.69 Å². The van der Waals surface area contributed by atoms with Gasteiger partial charge in [-0.1, -0.05) is 6.92 Å². The SMILES string of the molecule is CCN(C[C@H](C)C#N)[C@@H]1CCN(C(C)C)C1=O. The van der Waals surface area contributed by atoms with Crippen molar-refractivity contribution in [2.75, 3.05) is 19.6 Å². The molecule has 0 bridgehead atoms. The minimum Gasteiger partial charge on any atom is -0.339 e. The Hall–Kier alpha value is -1.08. The number of carbonyl (C=O) groups is 1. The van der Waals surface area contributed by atoms with E-state index in [1.807, 2.05) is 11.8 Å². The van der Waals surface area contributed by atoms with Gasteiger partial charge in [0.15, 0.2) is 0 Å². The van der Waals surface area contributed by atoms with Crippen molar-refractivity contribution in [1.82, 2.24) is 9.80 Å². The zero-order chi connectivity index (χ0) is 13.0. The first-order chi connectivity index (χ1) is 8.01. The summed E-state index contributed by atoms with van der Waals surface area (Å²) in [7, 11) is 0. The van der Waals surface area contributed by atoms with E-state index in [0.717, 1.165) is 19.5 Å². The normalized spacial score (nSPS) is 22.3. The van der Waals surface area contributed by atoms with Crippen LogP contribution in [-0.2, 0) is 4.79 Å². The summed E-state index contributed by atoms with van der Waals surface area (Å²) in [6, 6.07) is 2.50. The van der Waals surface area contributed by atoms with Gasteiger partial charge in [0, 0.05) is 19.1 Å². The number of likely N-dealkylation sites (N-methyl/N-ethyl adjacent to an activating group) is 1. The predicted molar refractivity (Wildman–Crippen MR) is 67.3 cm³/mol. The van der Waals surface area contributed by atoms with Crippen molar-refractivity contribution in [1.29, 1.82) is 5.26 Å². The molecule has 1 aliphatic heterocycles. The monoisotopic (exact) mass is 237 g/mol. The Morgan fingerprint density at radius 3 is 2.59 bits per heavy atom. The molecule has 0 N–H and O–H groups in total. The molecule has 0 saturated carbocycles. The van der Waals surface area contributed by atoms with Crippen LogP contribution in [0.15, 0.2) is 0 Å². The Morgan fingerprint density at radius 1 is 1.53 bits per heavy atom. The fraction of sp³-hybridized carbons (Fsp3) is 0.846. The summed E-state index contributed by atoms with van der Waals surface area (Å²) in [4.78, 5) is 16.3. The zero-order valence-corrected chi connectivity index (χ0v) is 11.3. The first-order valence-corrected chi connectivity index (χ1v) is 6.45. The van der Waals surface area contributed by atoms with Crippen LogP contribution in [0.2, 0.25) is 0 Å². The Labute approximate surface area is 104 Å². The molecule has 1 aliphatic rings. The average Bonchev–Trinajstić information content (AvgIpc) is 2.67. The minimum absolute atomic E-state index is 0.0156. The third kappa shape index (κ3) is 3.19. The third-order valence-electron chi connectivity index (χ3n) is 3.41. The van der Waals surface area contributed by atoms with E-state index in [2.05, 4.69) is 31.7 Å². The second kappa shape index (κ2) is 6.02. The molecule has 0 aromatic carbocycles. The number of rotatable bonds is 5. The summed E-state index contributed by atoms with van der Waals surface area (Å²) >= 11 is 0. The van der Waals surface area contributed by atoms with Crippen molar-refractivity contribution >= 4 is 5.91 Å². The molecule has 96 valence electrons. The van der Waals surface area contributed by atoms with E-state index in [-0.39, 0.29) is 23.9 Å². The number of nitrogens with zero attached hydrogens (tertiary/aromatic N) is 3. The van der Waals surface area contributed by atoms with Crippen LogP contribution < -0.4 is 0 Å². The molecule has 1 amide bonds. The number of amides is 1. The molecule has 0 radical (unpaired) electrons.